The molecule has 0 aromatic carbocycles. The summed E-state index contributed by atoms with van der Waals surface area (Å²) in [7, 11) is 0. The van der Waals surface area contributed by atoms with E-state index in [0.717, 1.165) is 6.54 Å². The monoisotopic (exact) mass is 179 g/mol. The van der Waals surface area contributed by atoms with E-state index < -0.39 is 0 Å². The molecule has 1 heterocycles. The Morgan fingerprint density at radius 1 is 1.69 bits per heavy atom. The molecule has 0 saturated heterocycles. The Morgan fingerprint density at radius 2 is 2.46 bits per heavy atom. The van der Waals surface area contributed by atoms with Gasteiger partial charge in [-0.25, -0.2) is 9.78 Å². The molecular weight excluding hydrogens is 166 g/mol. The van der Waals surface area contributed by atoms with Crippen LogP contribution in [-0.2, 0) is 0 Å². The van der Waals surface area contributed by atoms with Crippen LogP contribution < -0.4 is 5.32 Å². The topological polar surface area (TPSA) is 46.9 Å². The standard InChI is InChI=1S/C9H13N3O/c1-9(2-3-9)6-11-8(13)12-5-4-10-7-12/h4-5,7H,2-3,6H2,1H3,(H,11,13). The van der Waals surface area contributed by atoms with Gasteiger partial charge in [0, 0.05) is 18.9 Å². The lowest BCUT2D eigenvalue weighted by atomic mass is 10.1. The Labute approximate surface area is 77.0 Å². The van der Waals surface area contributed by atoms with Crippen molar-refractivity contribution < 1.29 is 4.79 Å². The molecule has 1 aliphatic rings. The van der Waals surface area contributed by atoms with Crippen LogP contribution in [0.2, 0.25) is 0 Å². The minimum atomic E-state index is -0.0920. The van der Waals surface area contributed by atoms with Gasteiger partial charge >= 0.3 is 6.03 Å². The van der Waals surface area contributed by atoms with Crippen LogP contribution in [0, 0.1) is 5.41 Å². The number of aromatic nitrogens is 2. The SMILES string of the molecule is CC1(CNC(=O)n2ccnc2)CC1. The first-order chi connectivity index (χ1) is 6.20. The molecule has 1 aromatic rings. The van der Waals surface area contributed by atoms with Crippen molar-refractivity contribution in [1.82, 2.24) is 14.9 Å². The first-order valence-electron chi connectivity index (χ1n) is 4.46. The van der Waals surface area contributed by atoms with Crippen LogP contribution in [0.4, 0.5) is 4.79 Å². The summed E-state index contributed by atoms with van der Waals surface area (Å²) in [6.07, 6.45) is 7.18. The fourth-order valence-electron chi connectivity index (χ4n) is 1.15. The van der Waals surface area contributed by atoms with Gasteiger partial charge in [-0.15, -0.1) is 0 Å². The number of rotatable bonds is 2. The highest BCUT2D eigenvalue weighted by Crippen LogP contribution is 2.43. The van der Waals surface area contributed by atoms with E-state index in [1.807, 2.05) is 0 Å². The number of imidazole rings is 1. The Hall–Kier alpha value is -1.32. The summed E-state index contributed by atoms with van der Waals surface area (Å²) in [4.78, 5) is 15.2. The van der Waals surface area contributed by atoms with E-state index in [2.05, 4.69) is 17.2 Å². The Balaban J connectivity index is 1.85. The van der Waals surface area contributed by atoms with Gasteiger partial charge < -0.3 is 5.32 Å². The summed E-state index contributed by atoms with van der Waals surface area (Å²) in [6.45, 7) is 2.95. The van der Waals surface area contributed by atoms with Gasteiger partial charge in [0.2, 0.25) is 0 Å². The maximum Gasteiger partial charge on any atom is 0.326 e. The molecule has 13 heavy (non-hydrogen) atoms. The summed E-state index contributed by atoms with van der Waals surface area (Å²) in [6, 6.07) is -0.0920. The molecule has 1 fully saturated rings. The first-order valence-corrected chi connectivity index (χ1v) is 4.46. The average molecular weight is 179 g/mol. The van der Waals surface area contributed by atoms with Gasteiger partial charge in [0.15, 0.2) is 0 Å². The van der Waals surface area contributed by atoms with Gasteiger partial charge in [-0.2, -0.15) is 0 Å². The lowest BCUT2D eigenvalue weighted by Gasteiger charge is -2.09. The molecular formula is C9H13N3O. The van der Waals surface area contributed by atoms with Gasteiger partial charge in [-0.3, -0.25) is 4.57 Å². The summed E-state index contributed by atoms with van der Waals surface area (Å²) in [5, 5.41) is 2.87. The highest BCUT2D eigenvalue weighted by Gasteiger charge is 2.37. The van der Waals surface area contributed by atoms with Gasteiger partial charge in [-0.05, 0) is 18.3 Å². The van der Waals surface area contributed by atoms with Crippen molar-refractivity contribution in [3.8, 4) is 0 Å². The van der Waals surface area contributed by atoms with E-state index in [9.17, 15) is 4.79 Å². The van der Waals surface area contributed by atoms with Crippen molar-refractivity contribution in [2.45, 2.75) is 19.8 Å². The molecule has 0 bridgehead atoms. The largest absolute Gasteiger partial charge is 0.337 e. The number of hydrogen-bond donors (Lipinski definition) is 1. The molecule has 4 heteroatoms. The maximum absolute atomic E-state index is 11.4. The van der Waals surface area contributed by atoms with Gasteiger partial charge in [-0.1, -0.05) is 6.92 Å². The van der Waals surface area contributed by atoms with Crippen LogP contribution in [0.15, 0.2) is 18.7 Å². The summed E-state index contributed by atoms with van der Waals surface area (Å²) < 4.78 is 1.45. The van der Waals surface area contributed by atoms with E-state index >= 15 is 0 Å². The maximum atomic E-state index is 11.4. The third-order valence-corrected chi connectivity index (χ3v) is 2.51. The molecule has 0 aliphatic heterocycles. The van der Waals surface area contributed by atoms with Gasteiger partial charge in [0.1, 0.15) is 6.33 Å². The summed E-state index contributed by atoms with van der Waals surface area (Å²) in [5.41, 5.74) is 0.357. The quantitative estimate of drug-likeness (QED) is 0.742. The molecule has 1 aliphatic carbocycles. The zero-order chi connectivity index (χ0) is 9.31. The number of carbonyl (C=O) groups is 1. The highest BCUT2D eigenvalue weighted by molar-refractivity contribution is 5.76. The number of nitrogens with one attached hydrogen (secondary N) is 1. The zero-order valence-corrected chi connectivity index (χ0v) is 7.66. The van der Waals surface area contributed by atoms with Crippen molar-refractivity contribution in [3.05, 3.63) is 18.7 Å². The minimum Gasteiger partial charge on any atom is -0.337 e. The predicted molar refractivity (Wildman–Crippen MR) is 48.4 cm³/mol. The van der Waals surface area contributed by atoms with E-state index in [-0.39, 0.29) is 6.03 Å². The molecule has 4 nitrogen and oxygen atoms in total. The molecule has 1 N–H and O–H groups in total. The van der Waals surface area contributed by atoms with Crippen LogP contribution in [0.3, 0.4) is 0 Å². The normalized spacial score (nSPS) is 18.2. The highest BCUT2D eigenvalue weighted by atomic mass is 16.2. The second kappa shape index (κ2) is 2.87. The van der Waals surface area contributed by atoms with Gasteiger partial charge in [0.05, 0.1) is 0 Å². The molecule has 0 unspecified atom stereocenters. The Bertz CT molecular complexity index is 301. The van der Waals surface area contributed by atoms with Crippen LogP contribution in [0.25, 0.3) is 0 Å². The molecule has 1 saturated carbocycles. The second-order valence-corrected chi connectivity index (χ2v) is 3.94. The molecule has 1 aromatic heterocycles. The van der Waals surface area contributed by atoms with E-state index in [0.29, 0.717) is 5.41 Å². The van der Waals surface area contributed by atoms with Crippen molar-refractivity contribution in [2.24, 2.45) is 5.41 Å². The molecule has 2 rings (SSSR count). The van der Waals surface area contributed by atoms with E-state index in [1.165, 1.54) is 23.7 Å². The number of carbonyl (C=O) groups excluding carboxylic acids is 1. The lowest BCUT2D eigenvalue weighted by Crippen LogP contribution is -2.32. The van der Waals surface area contributed by atoms with Crippen molar-refractivity contribution in [1.29, 1.82) is 0 Å². The average Bonchev–Trinajstić information content (AvgIpc) is 2.69. The Morgan fingerprint density at radius 3 is 3.00 bits per heavy atom. The summed E-state index contributed by atoms with van der Waals surface area (Å²) in [5.74, 6) is 0. The third-order valence-electron chi connectivity index (χ3n) is 2.51. The minimum absolute atomic E-state index is 0.0920. The first kappa shape index (κ1) is 8.29. The molecule has 0 radical (unpaired) electrons. The third kappa shape index (κ3) is 1.88. The van der Waals surface area contributed by atoms with Crippen molar-refractivity contribution >= 4 is 6.03 Å². The predicted octanol–water partition coefficient (Wildman–Crippen LogP) is 1.24. The molecule has 70 valence electrons. The smallest absolute Gasteiger partial charge is 0.326 e. The van der Waals surface area contributed by atoms with E-state index in [4.69, 9.17) is 0 Å². The van der Waals surface area contributed by atoms with Crippen LogP contribution in [0.1, 0.15) is 19.8 Å². The van der Waals surface area contributed by atoms with Crippen molar-refractivity contribution in [2.75, 3.05) is 6.54 Å². The van der Waals surface area contributed by atoms with Gasteiger partial charge in [0.25, 0.3) is 0 Å². The van der Waals surface area contributed by atoms with Crippen LogP contribution >= 0.6 is 0 Å². The molecule has 1 amide bonds. The lowest BCUT2D eigenvalue weighted by molar-refractivity contribution is 0.240. The fourth-order valence-corrected chi connectivity index (χ4v) is 1.15. The van der Waals surface area contributed by atoms with E-state index in [1.54, 1.807) is 12.4 Å². The second-order valence-electron chi connectivity index (χ2n) is 3.94. The van der Waals surface area contributed by atoms with Crippen LogP contribution in [0.5, 0.6) is 0 Å². The fraction of sp³-hybridized carbons (Fsp3) is 0.556. The Kier molecular flexibility index (Phi) is 1.83. The zero-order valence-electron chi connectivity index (χ0n) is 7.66. The number of amides is 1. The van der Waals surface area contributed by atoms with Crippen molar-refractivity contribution in [3.63, 3.8) is 0 Å². The molecule has 0 atom stereocenters. The number of nitrogens with zero attached hydrogens (tertiary/aromatic N) is 2. The molecule has 0 spiro atoms. The van der Waals surface area contributed by atoms with Crippen LogP contribution in [-0.4, -0.2) is 22.1 Å². The summed E-state index contributed by atoms with van der Waals surface area (Å²) >= 11 is 0. The number of hydrogen-bond acceptors (Lipinski definition) is 2.